The number of benzene rings is 1. The quantitative estimate of drug-likeness (QED) is 0.823. The van der Waals surface area contributed by atoms with E-state index in [2.05, 4.69) is 10.6 Å². The molecule has 5 heteroatoms. The topological polar surface area (TPSA) is 61.4 Å². The molecule has 2 aliphatic rings. The van der Waals surface area contributed by atoms with E-state index >= 15 is 0 Å². The van der Waals surface area contributed by atoms with Crippen LogP contribution in [-0.2, 0) is 11.3 Å². The van der Waals surface area contributed by atoms with Crippen molar-refractivity contribution in [3.05, 3.63) is 29.8 Å². The highest BCUT2D eigenvalue weighted by Crippen LogP contribution is 2.21. The minimum atomic E-state index is -0.142. The van der Waals surface area contributed by atoms with Crippen LogP contribution in [0.2, 0.25) is 0 Å². The average Bonchev–Trinajstić information content (AvgIpc) is 2.86. The smallest absolute Gasteiger partial charge is 0.318 e. The molecule has 5 nitrogen and oxygen atoms in total. The number of rotatable bonds is 1. The van der Waals surface area contributed by atoms with Gasteiger partial charge in [0.1, 0.15) is 6.54 Å². The van der Waals surface area contributed by atoms with Gasteiger partial charge in [-0.25, -0.2) is 4.79 Å². The number of carbonyl (C=O) groups excluding carboxylic acids is 2. The first-order valence-electron chi connectivity index (χ1n) is 7.15. The second kappa shape index (κ2) is 5.53. The average molecular weight is 273 g/mol. The fourth-order valence-electron chi connectivity index (χ4n) is 2.88. The maximum atomic E-state index is 12.3. The lowest BCUT2D eigenvalue weighted by molar-refractivity contribution is -0.116. The molecule has 1 saturated carbocycles. The molecule has 0 unspecified atom stereocenters. The Morgan fingerprint density at radius 3 is 2.75 bits per heavy atom. The predicted molar refractivity (Wildman–Crippen MR) is 76.3 cm³/mol. The van der Waals surface area contributed by atoms with Crippen molar-refractivity contribution < 1.29 is 9.59 Å². The van der Waals surface area contributed by atoms with E-state index in [1.165, 1.54) is 12.8 Å². The summed E-state index contributed by atoms with van der Waals surface area (Å²) in [5.74, 6) is -0.142. The normalized spacial score (nSPS) is 19.2. The predicted octanol–water partition coefficient (Wildman–Crippen LogP) is 2.09. The van der Waals surface area contributed by atoms with E-state index in [0.29, 0.717) is 6.54 Å². The molecule has 1 aliphatic heterocycles. The number of nitrogens with zero attached hydrogens (tertiary/aromatic N) is 1. The van der Waals surface area contributed by atoms with Crippen molar-refractivity contribution in [1.82, 2.24) is 10.2 Å². The number of carbonyl (C=O) groups is 2. The maximum absolute atomic E-state index is 12.3. The first-order chi connectivity index (χ1) is 9.72. The van der Waals surface area contributed by atoms with Crippen molar-refractivity contribution in [3.63, 3.8) is 0 Å². The zero-order valence-electron chi connectivity index (χ0n) is 11.4. The second-order valence-electron chi connectivity index (χ2n) is 5.49. The molecule has 1 aromatic rings. The third-order valence-electron chi connectivity index (χ3n) is 3.96. The summed E-state index contributed by atoms with van der Waals surface area (Å²) in [6.07, 6.45) is 4.44. The van der Waals surface area contributed by atoms with Gasteiger partial charge in [-0.3, -0.25) is 4.79 Å². The summed E-state index contributed by atoms with van der Waals surface area (Å²) in [5, 5.41) is 5.87. The van der Waals surface area contributed by atoms with Crippen LogP contribution in [0.3, 0.4) is 0 Å². The number of hydrogen-bond donors (Lipinski definition) is 2. The van der Waals surface area contributed by atoms with Gasteiger partial charge in [0.05, 0.1) is 6.54 Å². The minimum absolute atomic E-state index is 0.104. The third-order valence-corrected chi connectivity index (χ3v) is 3.96. The summed E-state index contributed by atoms with van der Waals surface area (Å²) in [7, 11) is 0. The second-order valence-corrected chi connectivity index (χ2v) is 5.49. The van der Waals surface area contributed by atoms with Crippen molar-refractivity contribution in [2.24, 2.45) is 0 Å². The maximum Gasteiger partial charge on any atom is 0.318 e. The molecule has 3 rings (SSSR count). The highest BCUT2D eigenvalue weighted by atomic mass is 16.2. The number of fused-ring (bicyclic) bond motifs is 1. The molecule has 1 heterocycles. The number of hydrogen-bond acceptors (Lipinski definition) is 2. The molecular formula is C15H19N3O2. The van der Waals surface area contributed by atoms with Crippen LogP contribution >= 0.6 is 0 Å². The Kier molecular flexibility index (Phi) is 3.58. The standard InChI is InChI=1S/C15H19N3O2/c19-14-10-18(15(20)16-12-6-2-3-7-12)9-11-5-1-4-8-13(11)17-14/h1,4-5,8,12H,2-3,6-7,9-10H2,(H,16,20)(H,17,19). The minimum Gasteiger partial charge on any atom is -0.335 e. The Bertz CT molecular complexity index is 524. The fourth-order valence-corrected chi connectivity index (χ4v) is 2.88. The van der Waals surface area contributed by atoms with Gasteiger partial charge >= 0.3 is 6.03 Å². The number of nitrogens with one attached hydrogen (secondary N) is 2. The fraction of sp³-hybridized carbons (Fsp3) is 0.467. The highest BCUT2D eigenvalue weighted by Gasteiger charge is 2.25. The summed E-state index contributed by atoms with van der Waals surface area (Å²) in [6.45, 7) is 0.570. The monoisotopic (exact) mass is 273 g/mol. The van der Waals surface area contributed by atoms with Crippen LogP contribution in [0.15, 0.2) is 24.3 Å². The largest absolute Gasteiger partial charge is 0.335 e. The van der Waals surface area contributed by atoms with E-state index in [9.17, 15) is 9.59 Å². The molecular weight excluding hydrogens is 254 g/mol. The third kappa shape index (κ3) is 2.76. The van der Waals surface area contributed by atoms with E-state index in [4.69, 9.17) is 0 Å². The SMILES string of the molecule is O=C1CN(C(=O)NC2CCCC2)Cc2ccccc2N1. The Hall–Kier alpha value is -2.04. The summed E-state index contributed by atoms with van der Waals surface area (Å²) in [5.41, 5.74) is 1.77. The number of urea groups is 1. The van der Waals surface area contributed by atoms with Crippen molar-refractivity contribution >= 4 is 17.6 Å². The van der Waals surface area contributed by atoms with Crippen LogP contribution in [0.1, 0.15) is 31.2 Å². The van der Waals surface area contributed by atoms with Crippen LogP contribution in [0.25, 0.3) is 0 Å². The van der Waals surface area contributed by atoms with E-state index in [1.54, 1.807) is 4.90 Å². The molecule has 20 heavy (non-hydrogen) atoms. The van der Waals surface area contributed by atoms with Gasteiger partial charge in [0, 0.05) is 11.7 Å². The Morgan fingerprint density at radius 2 is 1.95 bits per heavy atom. The van der Waals surface area contributed by atoms with Gasteiger partial charge in [-0.15, -0.1) is 0 Å². The summed E-state index contributed by atoms with van der Waals surface area (Å²) in [6, 6.07) is 7.74. The van der Waals surface area contributed by atoms with Crippen LogP contribution < -0.4 is 10.6 Å². The molecule has 106 valence electrons. The van der Waals surface area contributed by atoms with Crippen LogP contribution in [0, 0.1) is 0 Å². The molecule has 0 bridgehead atoms. The zero-order chi connectivity index (χ0) is 13.9. The van der Waals surface area contributed by atoms with E-state index in [0.717, 1.165) is 24.1 Å². The van der Waals surface area contributed by atoms with Crippen molar-refractivity contribution in [2.45, 2.75) is 38.3 Å². The molecule has 1 aromatic carbocycles. The molecule has 1 aliphatic carbocycles. The first kappa shape index (κ1) is 13.0. The van der Waals surface area contributed by atoms with Crippen LogP contribution in [-0.4, -0.2) is 29.4 Å². The molecule has 3 amide bonds. The van der Waals surface area contributed by atoms with Gasteiger partial charge in [0.15, 0.2) is 0 Å². The molecule has 0 saturated heterocycles. The molecule has 0 radical (unpaired) electrons. The summed E-state index contributed by atoms with van der Waals surface area (Å²) in [4.78, 5) is 25.7. The van der Waals surface area contributed by atoms with Crippen molar-refractivity contribution in [1.29, 1.82) is 0 Å². The Morgan fingerprint density at radius 1 is 1.20 bits per heavy atom. The number of para-hydroxylation sites is 1. The molecule has 1 fully saturated rings. The first-order valence-corrected chi connectivity index (χ1v) is 7.15. The number of anilines is 1. The van der Waals surface area contributed by atoms with E-state index in [1.807, 2.05) is 24.3 Å². The number of amides is 3. The molecule has 0 aromatic heterocycles. The van der Waals surface area contributed by atoms with Crippen molar-refractivity contribution in [3.8, 4) is 0 Å². The lowest BCUT2D eigenvalue weighted by atomic mass is 10.2. The summed E-state index contributed by atoms with van der Waals surface area (Å²) < 4.78 is 0. The van der Waals surface area contributed by atoms with Gasteiger partial charge in [-0.1, -0.05) is 31.0 Å². The van der Waals surface area contributed by atoms with Gasteiger partial charge in [-0.05, 0) is 24.5 Å². The van der Waals surface area contributed by atoms with Gasteiger partial charge in [0.2, 0.25) is 5.91 Å². The van der Waals surface area contributed by atoms with Gasteiger partial charge < -0.3 is 15.5 Å². The van der Waals surface area contributed by atoms with Crippen molar-refractivity contribution in [2.75, 3.05) is 11.9 Å². The highest BCUT2D eigenvalue weighted by molar-refractivity contribution is 5.96. The van der Waals surface area contributed by atoms with Crippen LogP contribution in [0.4, 0.5) is 10.5 Å². The van der Waals surface area contributed by atoms with E-state index < -0.39 is 0 Å². The molecule has 0 spiro atoms. The van der Waals surface area contributed by atoms with Gasteiger partial charge in [-0.2, -0.15) is 0 Å². The summed E-state index contributed by atoms with van der Waals surface area (Å²) >= 11 is 0. The zero-order valence-corrected chi connectivity index (χ0v) is 11.4. The molecule has 2 N–H and O–H groups in total. The molecule has 0 atom stereocenters. The Balaban J connectivity index is 1.73. The van der Waals surface area contributed by atoms with E-state index in [-0.39, 0.29) is 24.5 Å². The van der Waals surface area contributed by atoms with Crippen LogP contribution in [0.5, 0.6) is 0 Å². The lowest BCUT2D eigenvalue weighted by Gasteiger charge is -2.22. The lowest BCUT2D eigenvalue weighted by Crippen LogP contribution is -2.45. The van der Waals surface area contributed by atoms with Gasteiger partial charge in [0.25, 0.3) is 0 Å². The Labute approximate surface area is 118 Å².